The van der Waals surface area contributed by atoms with Crippen molar-refractivity contribution in [2.75, 3.05) is 18.0 Å². The van der Waals surface area contributed by atoms with E-state index in [0.29, 0.717) is 29.6 Å². The van der Waals surface area contributed by atoms with E-state index in [2.05, 4.69) is 25.1 Å². The lowest BCUT2D eigenvalue weighted by molar-refractivity contribution is -0.138. The van der Waals surface area contributed by atoms with Gasteiger partial charge in [0.15, 0.2) is 11.6 Å². The minimum absolute atomic E-state index is 0.309. The van der Waals surface area contributed by atoms with Crippen LogP contribution in [0.2, 0.25) is 0 Å². The lowest BCUT2D eigenvalue weighted by atomic mass is 9.72. The van der Waals surface area contributed by atoms with Crippen LogP contribution in [-0.2, 0) is 4.79 Å². The smallest absolute Gasteiger partial charge is 0.303 e. The summed E-state index contributed by atoms with van der Waals surface area (Å²) in [6.07, 6.45) is 8.92. The quantitative estimate of drug-likeness (QED) is 0.524. The Hall–Kier alpha value is -3.29. The first-order valence-electron chi connectivity index (χ1n) is 12.2. The molecule has 0 unspecified atom stereocenters. The highest BCUT2D eigenvalue weighted by Crippen LogP contribution is 2.39. The number of carbonyl (C=O) groups is 1. The first-order valence-corrected chi connectivity index (χ1v) is 12.2. The molecule has 3 heterocycles. The number of nitrogens with zero attached hydrogens (tertiary/aromatic N) is 4. The maximum absolute atomic E-state index is 13.5. The molecule has 1 saturated carbocycles. The number of piperidine rings is 1. The topological polar surface area (TPSA) is 95.0 Å². The second-order valence-electron chi connectivity index (χ2n) is 9.64. The zero-order chi connectivity index (χ0) is 23.5. The van der Waals surface area contributed by atoms with E-state index >= 15 is 0 Å². The van der Waals surface area contributed by atoms with Crippen LogP contribution < -0.4 is 4.90 Å². The van der Waals surface area contributed by atoms with Crippen molar-refractivity contribution in [1.82, 2.24) is 20.2 Å². The fourth-order valence-electron chi connectivity index (χ4n) is 5.58. The Labute approximate surface area is 198 Å². The third-order valence-corrected chi connectivity index (χ3v) is 7.49. The van der Waals surface area contributed by atoms with Crippen molar-refractivity contribution in [3.05, 3.63) is 48.4 Å². The molecule has 5 rings (SSSR count). The minimum Gasteiger partial charge on any atom is -0.481 e. The fourth-order valence-corrected chi connectivity index (χ4v) is 5.58. The van der Waals surface area contributed by atoms with Gasteiger partial charge in [-0.25, -0.2) is 9.37 Å². The molecule has 0 spiro atoms. The fraction of sp³-hybridized carbons (Fsp3) is 0.462. The molecule has 0 bridgehead atoms. The minimum atomic E-state index is -0.661. The van der Waals surface area contributed by atoms with E-state index in [1.54, 1.807) is 18.3 Å². The van der Waals surface area contributed by atoms with Crippen molar-refractivity contribution >= 4 is 11.8 Å². The normalized spacial score (nSPS) is 21.5. The van der Waals surface area contributed by atoms with Gasteiger partial charge in [0.2, 0.25) is 0 Å². The summed E-state index contributed by atoms with van der Waals surface area (Å²) in [5.74, 6) is 2.97. The molecule has 178 valence electrons. The Kier molecular flexibility index (Phi) is 6.56. The summed E-state index contributed by atoms with van der Waals surface area (Å²) in [6.45, 7) is 2.00. The van der Waals surface area contributed by atoms with Crippen molar-refractivity contribution in [2.24, 2.45) is 17.8 Å². The molecule has 0 radical (unpaired) electrons. The van der Waals surface area contributed by atoms with Gasteiger partial charge in [0.05, 0.1) is 0 Å². The first kappa shape index (κ1) is 22.5. The Morgan fingerprint density at radius 1 is 0.971 bits per heavy atom. The number of pyridine rings is 1. The molecular formula is C26H30FN5O2. The van der Waals surface area contributed by atoms with Crippen LogP contribution in [0.15, 0.2) is 42.6 Å². The molecule has 0 amide bonds. The standard InChI is InChI=1S/C26H30FN5O2/c27-22-3-1-2-20(15-22)25-29-26(31-30-25)21-8-9-23(28-16-21)32-12-10-19(11-13-32)18-6-4-17(5-7-18)14-24(33)34/h1-3,8-9,15-19H,4-7,10-14H2,(H,33,34)(H,29,30,31)/t17-,18+. The number of rotatable bonds is 6. The molecular weight excluding hydrogens is 433 g/mol. The summed E-state index contributed by atoms with van der Waals surface area (Å²) >= 11 is 0. The van der Waals surface area contributed by atoms with Gasteiger partial charge in [-0.3, -0.25) is 4.79 Å². The summed E-state index contributed by atoms with van der Waals surface area (Å²) in [5, 5.41) is 17.4. The van der Waals surface area contributed by atoms with E-state index in [4.69, 9.17) is 5.11 Å². The second-order valence-corrected chi connectivity index (χ2v) is 9.64. The van der Waals surface area contributed by atoms with Gasteiger partial charge in [-0.2, -0.15) is 0 Å². The number of aromatic amines is 1. The van der Waals surface area contributed by atoms with Gasteiger partial charge >= 0.3 is 5.97 Å². The average molecular weight is 464 g/mol. The maximum atomic E-state index is 13.5. The molecule has 2 fully saturated rings. The summed E-state index contributed by atoms with van der Waals surface area (Å²) in [7, 11) is 0. The second kappa shape index (κ2) is 9.91. The number of H-pyrrole nitrogens is 1. The number of anilines is 1. The molecule has 1 aromatic carbocycles. The molecule has 7 nitrogen and oxygen atoms in total. The number of benzene rings is 1. The lowest BCUT2D eigenvalue weighted by Crippen LogP contribution is -2.37. The van der Waals surface area contributed by atoms with Crippen LogP contribution in [0.25, 0.3) is 22.8 Å². The number of hydrogen-bond acceptors (Lipinski definition) is 5. The van der Waals surface area contributed by atoms with Crippen molar-refractivity contribution in [3.63, 3.8) is 0 Å². The van der Waals surface area contributed by atoms with E-state index in [1.165, 1.54) is 25.0 Å². The summed E-state index contributed by atoms with van der Waals surface area (Å²) in [6, 6.07) is 10.3. The largest absolute Gasteiger partial charge is 0.481 e. The van der Waals surface area contributed by atoms with Crippen molar-refractivity contribution in [3.8, 4) is 22.8 Å². The van der Waals surface area contributed by atoms with Crippen LogP contribution in [0, 0.1) is 23.6 Å². The van der Waals surface area contributed by atoms with Crippen molar-refractivity contribution < 1.29 is 14.3 Å². The van der Waals surface area contributed by atoms with Crippen LogP contribution in [0.5, 0.6) is 0 Å². The van der Waals surface area contributed by atoms with E-state index in [9.17, 15) is 9.18 Å². The molecule has 0 atom stereocenters. The van der Waals surface area contributed by atoms with Crippen LogP contribution in [0.4, 0.5) is 10.2 Å². The highest BCUT2D eigenvalue weighted by molar-refractivity contribution is 5.67. The molecule has 34 heavy (non-hydrogen) atoms. The molecule has 2 aliphatic rings. The number of aromatic nitrogens is 4. The number of carboxylic acid groups (broad SMARTS) is 1. The molecule has 1 saturated heterocycles. The van der Waals surface area contributed by atoms with Gasteiger partial charge in [0.1, 0.15) is 11.6 Å². The highest BCUT2D eigenvalue weighted by atomic mass is 19.1. The number of nitrogens with one attached hydrogen (secondary N) is 1. The summed E-state index contributed by atoms with van der Waals surface area (Å²) in [4.78, 5) is 21.1. The predicted molar refractivity (Wildman–Crippen MR) is 128 cm³/mol. The molecule has 1 aliphatic carbocycles. The first-order chi connectivity index (χ1) is 16.5. The van der Waals surface area contributed by atoms with Gasteiger partial charge in [-0.1, -0.05) is 12.1 Å². The van der Waals surface area contributed by atoms with Crippen LogP contribution in [-0.4, -0.2) is 44.3 Å². The van der Waals surface area contributed by atoms with E-state index in [-0.39, 0.29) is 5.82 Å². The number of hydrogen-bond donors (Lipinski definition) is 2. The van der Waals surface area contributed by atoms with Crippen molar-refractivity contribution in [2.45, 2.75) is 44.9 Å². The molecule has 1 aliphatic heterocycles. The van der Waals surface area contributed by atoms with Gasteiger partial charge in [0.25, 0.3) is 0 Å². The third kappa shape index (κ3) is 5.11. The Morgan fingerprint density at radius 2 is 1.68 bits per heavy atom. The maximum Gasteiger partial charge on any atom is 0.303 e. The van der Waals surface area contributed by atoms with Gasteiger partial charge in [0, 0.05) is 36.8 Å². The number of aliphatic carboxylic acids is 1. The Bertz CT molecular complexity index is 1120. The van der Waals surface area contributed by atoms with Gasteiger partial charge < -0.3 is 15.0 Å². The highest BCUT2D eigenvalue weighted by Gasteiger charge is 2.31. The zero-order valence-corrected chi connectivity index (χ0v) is 19.2. The molecule has 2 N–H and O–H groups in total. The molecule has 3 aromatic rings. The molecule has 2 aromatic heterocycles. The Morgan fingerprint density at radius 3 is 2.32 bits per heavy atom. The summed E-state index contributed by atoms with van der Waals surface area (Å²) < 4.78 is 13.5. The van der Waals surface area contributed by atoms with Gasteiger partial charge in [-0.05, 0) is 80.5 Å². The lowest BCUT2D eigenvalue weighted by Gasteiger charge is -2.39. The SMILES string of the molecule is O=C(O)C[C@H]1CC[C@@H](C2CCN(c3ccc(-c4nnc(-c5cccc(F)c5)[nH]4)cn3)CC2)CC1. The van der Waals surface area contributed by atoms with Crippen LogP contribution in [0.3, 0.4) is 0 Å². The number of halogens is 1. The van der Waals surface area contributed by atoms with Crippen LogP contribution in [0.1, 0.15) is 44.9 Å². The average Bonchev–Trinajstić information content (AvgIpc) is 3.35. The monoisotopic (exact) mass is 463 g/mol. The summed E-state index contributed by atoms with van der Waals surface area (Å²) in [5.41, 5.74) is 1.49. The predicted octanol–water partition coefficient (Wildman–Crippen LogP) is 5.17. The van der Waals surface area contributed by atoms with E-state index in [0.717, 1.165) is 62.0 Å². The Balaban J connectivity index is 1.15. The van der Waals surface area contributed by atoms with Crippen LogP contribution >= 0.6 is 0 Å². The van der Waals surface area contributed by atoms with E-state index < -0.39 is 5.97 Å². The zero-order valence-electron chi connectivity index (χ0n) is 19.2. The number of carboxylic acids is 1. The van der Waals surface area contributed by atoms with E-state index in [1.807, 2.05) is 12.1 Å². The molecule has 8 heteroatoms. The third-order valence-electron chi connectivity index (χ3n) is 7.49. The van der Waals surface area contributed by atoms with Crippen molar-refractivity contribution in [1.29, 1.82) is 0 Å². The van der Waals surface area contributed by atoms with Gasteiger partial charge in [-0.15, -0.1) is 10.2 Å².